The number of nitrogens with zero attached hydrogens (tertiary/aromatic N) is 1. The van der Waals surface area contributed by atoms with Gasteiger partial charge >= 0.3 is 0 Å². The lowest BCUT2D eigenvalue weighted by atomic mass is 9.92. The van der Waals surface area contributed by atoms with Crippen LogP contribution in [0.2, 0.25) is 0 Å². The van der Waals surface area contributed by atoms with Gasteiger partial charge in [-0.25, -0.2) is 12.8 Å². The molecule has 0 spiro atoms. The minimum absolute atomic E-state index is 0.00236. The quantitative estimate of drug-likeness (QED) is 0.894. The number of benzene rings is 1. The molecule has 1 aliphatic heterocycles. The van der Waals surface area contributed by atoms with Gasteiger partial charge in [-0.15, -0.1) is 0 Å². The van der Waals surface area contributed by atoms with Gasteiger partial charge in [-0.2, -0.15) is 4.31 Å². The first-order valence-corrected chi connectivity index (χ1v) is 8.76. The largest absolute Gasteiger partial charge is 0.328 e. The third kappa shape index (κ3) is 3.21. The predicted octanol–water partition coefficient (Wildman–Crippen LogP) is 2.34. The maximum atomic E-state index is 13.5. The van der Waals surface area contributed by atoms with Gasteiger partial charge in [0.15, 0.2) is 0 Å². The Bertz CT molecular complexity index is 584. The Morgan fingerprint density at radius 3 is 2.50 bits per heavy atom. The van der Waals surface area contributed by atoms with Crippen LogP contribution in [0, 0.1) is 11.7 Å². The van der Waals surface area contributed by atoms with Gasteiger partial charge in [0.25, 0.3) is 0 Å². The molecular formula is C13H18BrFN2O2S. The summed E-state index contributed by atoms with van der Waals surface area (Å²) >= 11 is 3.02. The molecule has 0 amide bonds. The molecule has 2 N–H and O–H groups in total. The van der Waals surface area contributed by atoms with E-state index >= 15 is 0 Å². The van der Waals surface area contributed by atoms with Crippen molar-refractivity contribution in [3.8, 4) is 0 Å². The van der Waals surface area contributed by atoms with Crippen LogP contribution >= 0.6 is 15.9 Å². The topological polar surface area (TPSA) is 63.4 Å². The van der Waals surface area contributed by atoms with E-state index in [4.69, 9.17) is 5.73 Å². The lowest BCUT2D eigenvalue weighted by Crippen LogP contribution is -2.42. The van der Waals surface area contributed by atoms with E-state index < -0.39 is 15.8 Å². The van der Waals surface area contributed by atoms with Crippen LogP contribution in [0.1, 0.15) is 19.8 Å². The van der Waals surface area contributed by atoms with Crippen molar-refractivity contribution < 1.29 is 12.8 Å². The summed E-state index contributed by atoms with van der Waals surface area (Å²) in [6.07, 6.45) is 1.49. The summed E-state index contributed by atoms with van der Waals surface area (Å²) in [5.74, 6) is -0.223. The average molecular weight is 365 g/mol. The molecule has 0 aromatic heterocycles. The molecular weight excluding hydrogens is 347 g/mol. The van der Waals surface area contributed by atoms with Crippen LogP contribution in [-0.2, 0) is 10.0 Å². The Morgan fingerprint density at radius 1 is 1.40 bits per heavy atom. The second-order valence-electron chi connectivity index (χ2n) is 5.18. The molecule has 7 heteroatoms. The van der Waals surface area contributed by atoms with Gasteiger partial charge in [0.1, 0.15) is 5.82 Å². The maximum absolute atomic E-state index is 13.5. The molecule has 1 atom stereocenters. The molecule has 0 radical (unpaired) electrons. The highest BCUT2D eigenvalue weighted by Gasteiger charge is 2.30. The van der Waals surface area contributed by atoms with Gasteiger partial charge in [-0.05, 0) is 59.8 Å². The van der Waals surface area contributed by atoms with Crippen LogP contribution in [0.15, 0.2) is 27.6 Å². The van der Waals surface area contributed by atoms with Crippen LogP contribution in [-0.4, -0.2) is 31.9 Å². The van der Waals surface area contributed by atoms with Gasteiger partial charge in [-0.3, -0.25) is 0 Å². The fourth-order valence-electron chi connectivity index (χ4n) is 2.43. The number of hydrogen-bond donors (Lipinski definition) is 1. The third-order valence-electron chi connectivity index (χ3n) is 3.77. The summed E-state index contributed by atoms with van der Waals surface area (Å²) in [5.41, 5.74) is 5.85. The van der Waals surface area contributed by atoms with Crippen molar-refractivity contribution in [2.24, 2.45) is 11.7 Å². The Hall–Kier alpha value is -0.500. The van der Waals surface area contributed by atoms with Crippen molar-refractivity contribution in [3.05, 3.63) is 28.5 Å². The van der Waals surface area contributed by atoms with Gasteiger partial charge in [0.05, 0.1) is 9.37 Å². The second kappa shape index (κ2) is 6.09. The van der Waals surface area contributed by atoms with E-state index in [1.165, 1.54) is 16.4 Å². The minimum atomic E-state index is -3.62. The smallest absolute Gasteiger partial charge is 0.243 e. The lowest BCUT2D eigenvalue weighted by molar-refractivity contribution is 0.250. The molecule has 1 aliphatic rings. The molecule has 1 aromatic carbocycles. The summed E-state index contributed by atoms with van der Waals surface area (Å²) in [5, 5.41) is 0. The number of sulfonamides is 1. The minimum Gasteiger partial charge on any atom is -0.328 e. The van der Waals surface area contributed by atoms with Crippen LogP contribution in [0.5, 0.6) is 0 Å². The summed E-state index contributed by atoms with van der Waals surface area (Å²) in [6, 6.07) is 3.96. The fraction of sp³-hybridized carbons (Fsp3) is 0.538. The Morgan fingerprint density at radius 2 is 2.00 bits per heavy atom. The summed E-state index contributed by atoms with van der Waals surface area (Å²) < 4.78 is 40.0. The van der Waals surface area contributed by atoms with E-state index in [0.29, 0.717) is 19.0 Å². The van der Waals surface area contributed by atoms with E-state index in [-0.39, 0.29) is 15.4 Å². The van der Waals surface area contributed by atoms with Crippen molar-refractivity contribution in [1.29, 1.82) is 0 Å². The number of halogens is 2. The van der Waals surface area contributed by atoms with Gasteiger partial charge in [0.2, 0.25) is 10.0 Å². The molecule has 20 heavy (non-hydrogen) atoms. The van der Waals surface area contributed by atoms with Crippen molar-refractivity contribution in [3.63, 3.8) is 0 Å². The number of nitrogens with two attached hydrogens (primary N) is 1. The van der Waals surface area contributed by atoms with E-state index in [0.717, 1.165) is 18.9 Å². The van der Waals surface area contributed by atoms with Crippen LogP contribution in [0.25, 0.3) is 0 Å². The Labute approximate surface area is 127 Å². The molecule has 4 nitrogen and oxygen atoms in total. The highest BCUT2D eigenvalue weighted by atomic mass is 79.9. The summed E-state index contributed by atoms with van der Waals surface area (Å²) in [7, 11) is -3.62. The second-order valence-corrected chi connectivity index (χ2v) is 7.97. The molecule has 1 fully saturated rings. The van der Waals surface area contributed by atoms with E-state index in [1.54, 1.807) is 0 Å². The van der Waals surface area contributed by atoms with Crippen LogP contribution in [0.4, 0.5) is 4.39 Å². The number of rotatable bonds is 3. The van der Waals surface area contributed by atoms with Gasteiger partial charge < -0.3 is 5.73 Å². The highest BCUT2D eigenvalue weighted by molar-refractivity contribution is 9.10. The summed E-state index contributed by atoms with van der Waals surface area (Å²) in [6.45, 7) is 2.82. The fourth-order valence-corrected chi connectivity index (χ4v) is 4.16. The predicted molar refractivity (Wildman–Crippen MR) is 79.2 cm³/mol. The highest BCUT2D eigenvalue weighted by Crippen LogP contribution is 2.26. The normalized spacial score (nSPS) is 20.0. The SMILES string of the molecule is CC(N)C1CCN(S(=O)(=O)c2ccc(Br)c(F)c2)CC1. The molecule has 0 saturated carbocycles. The number of hydrogen-bond acceptors (Lipinski definition) is 3. The van der Waals surface area contributed by atoms with Gasteiger partial charge in [-0.1, -0.05) is 0 Å². The first-order chi connectivity index (χ1) is 9.32. The number of piperidine rings is 1. The lowest BCUT2D eigenvalue weighted by Gasteiger charge is -2.32. The molecule has 1 saturated heterocycles. The molecule has 1 unspecified atom stereocenters. The van der Waals surface area contributed by atoms with Crippen molar-refractivity contribution >= 4 is 26.0 Å². The third-order valence-corrected chi connectivity index (χ3v) is 6.31. The standard InChI is InChI=1S/C13H18BrFN2O2S/c1-9(16)10-4-6-17(7-5-10)20(18,19)11-2-3-12(14)13(15)8-11/h2-3,8-10H,4-7,16H2,1H3. The van der Waals surface area contributed by atoms with E-state index in [1.807, 2.05) is 6.92 Å². The molecule has 0 bridgehead atoms. The van der Waals surface area contributed by atoms with Crippen LogP contribution < -0.4 is 5.73 Å². The average Bonchev–Trinajstić information content (AvgIpc) is 2.41. The van der Waals surface area contributed by atoms with Crippen molar-refractivity contribution in [1.82, 2.24) is 4.31 Å². The zero-order chi connectivity index (χ0) is 14.9. The maximum Gasteiger partial charge on any atom is 0.243 e. The summed E-state index contributed by atoms with van der Waals surface area (Å²) in [4.78, 5) is -0.00236. The molecule has 1 heterocycles. The first kappa shape index (κ1) is 15.9. The van der Waals surface area contributed by atoms with Crippen molar-refractivity contribution in [2.45, 2.75) is 30.7 Å². The molecule has 1 aromatic rings. The molecule has 0 aliphatic carbocycles. The monoisotopic (exact) mass is 364 g/mol. The molecule has 112 valence electrons. The Balaban J connectivity index is 2.17. The van der Waals surface area contributed by atoms with E-state index in [9.17, 15) is 12.8 Å². The first-order valence-electron chi connectivity index (χ1n) is 6.53. The molecule has 2 rings (SSSR count). The zero-order valence-corrected chi connectivity index (χ0v) is 13.6. The Kier molecular flexibility index (Phi) is 4.84. The zero-order valence-electron chi connectivity index (χ0n) is 11.2. The van der Waals surface area contributed by atoms with Gasteiger partial charge in [0, 0.05) is 19.1 Å². The van der Waals surface area contributed by atoms with E-state index in [2.05, 4.69) is 15.9 Å². The van der Waals surface area contributed by atoms with Crippen LogP contribution in [0.3, 0.4) is 0 Å². The van der Waals surface area contributed by atoms with Crippen molar-refractivity contribution in [2.75, 3.05) is 13.1 Å².